The van der Waals surface area contributed by atoms with Gasteiger partial charge in [-0.2, -0.15) is 9.57 Å². The van der Waals surface area contributed by atoms with Gasteiger partial charge in [-0.3, -0.25) is 9.69 Å². The first-order valence-corrected chi connectivity index (χ1v) is 11.4. The standard InChI is InChI=1S/C20H21N5O3S/c21-11-20(5-6-20)12-29(27,28)24-8-4-14(10-24)17-9-18(25(13-26)15-1-2-15)23-19-16(17)3-7-22-19/h3-4,7,9,13,15H,1-2,5-6,8,10,12H2,(H,22,23). The van der Waals surface area contributed by atoms with Crippen LogP contribution in [-0.2, 0) is 14.8 Å². The van der Waals surface area contributed by atoms with Crippen molar-refractivity contribution in [2.75, 3.05) is 23.7 Å². The molecule has 0 spiro atoms. The van der Waals surface area contributed by atoms with Gasteiger partial charge in [0, 0.05) is 30.7 Å². The minimum Gasteiger partial charge on any atom is -0.346 e. The third kappa shape index (κ3) is 3.22. The van der Waals surface area contributed by atoms with Crippen LogP contribution in [0.25, 0.3) is 16.6 Å². The van der Waals surface area contributed by atoms with Crippen molar-refractivity contribution in [3.05, 3.63) is 30.0 Å². The molecule has 2 aliphatic carbocycles. The first-order valence-electron chi connectivity index (χ1n) is 9.75. The van der Waals surface area contributed by atoms with E-state index in [-0.39, 0.29) is 18.3 Å². The minimum atomic E-state index is -3.51. The summed E-state index contributed by atoms with van der Waals surface area (Å²) in [6, 6.07) is 6.15. The molecule has 2 aromatic rings. The van der Waals surface area contributed by atoms with Crippen molar-refractivity contribution in [2.24, 2.45) is 5.41 Å². The largest absolute Gasteiger partial charge is 0.346 e. The van der Waals surface area contributed by atoms with Crippen molar-refractivity contribution >= 4 is 38.9 Å². The number of sulfonamides is 1. The van der Waals surface area contributed by atoms with Gasteiger partial charge in [0.25, 0.3) is 0 Å². The number of nitrogens with one attached hydrogen (secondary N) is 1. The number of hydrogen-bond donors (Lipinski definition) is 1. The topological polar surface area (TPSA) is 110 Å². The van der Waals surface area contributed by atoms with E-state index in [1.54, 1.807) is 11.1 Å². The Bertz CT molecular complexity index is 1170. The fourth-order valence-corrected chi connectivity index (χ4v) is 5.79. The fourth-order valence-electron chi connectivity index (χ4n) is 3.92. The molecular formula is C20H21N5O3S. The minimum absolute atomic E-state index is 0.112. The number of nitriles is 1. The molecule has 1 aliphatic heterocycles. The predicted octanol–water partition coefficient (Wildman–Crippen LogP) is 2.02. The van der Waals surface area contributed by atoms with Crippen LogP contribution < -0.4 is 4.90 Å². The van der Waals surface area contributed by atoms with E-state index < -0.39 is 15.4 Å². The number of anilines is 1. The smallest absolute Gasteiger partial charge is 0.216 e. The van der Waals surface area contributed by atoms with Crippen molar-refractivity contribution in [1.29, 1.82) is 5.26 Å². The molecule has 5 rings (SSSR count). The molecule has 0 unspecified atom stereocenters. The number of aromatic nitrogens is 2. The van der Waals surface area contributed by atoms with Gasteiger partial charge in [-0.1, -0.05) is 6.08 Å². The Morgan fingerprint density at radius 2 is 2.21 bits per heavy atom. The van der Waals surface area contributed by atoms with Gasteiger partial charge in [0.05, 0.1) is 17.2 Å². The zero-order chi connectivity index (χ0) is 20.2. The molecule has 0 bridgehead atoms. The van der Waals surface area contributed by atoms with E-state index in [9.17, 15) is 18.5 Å². The number of amides is 1. The Balaban J connectivity index is 1.45. The highest BCUT2D eigenvalue weighted by Gasteiger charge is 2.48. The summed E-state index contributed by atoms with van der Waals surface area (Å²) in [5.74, 6) is 0.468. The summed E-state index contributed by atoms with van der Waals surface area (Å²) >= 11 is 0. The maximum atomic E-state index is 12.8. The SMILES string of the molecule is N#CC1(CS(=O)(=O)N2CC=C(c3cc(N(C=O)C4CC4)nc4[nH]ccc34)C2)CC1. The van der Waals surface area contributed by atoms with E-state index in [0.717, 1.165) is 35.8 Å². The molecule has 1 N–H and O–H groups in total. The molecule has 0 saturated heterocycles. The van der Waals surface area contributed by atoms with Crippen molar-refractivity contribution in [3.63, 3.8) is 0 Å². The number of H-pyrrole nitrogens is 1. The Morgan fingerprint density at radius 1 is 1.41 bits per heavy atom. The van der Waals surface area contributed by atoms with Crippen LogP contribution in [0.3, 0.4) is 0 Å². The average molecular weight is 411 g/mol. The zero-order valence-corrected chi connectivity index (χ0v) is 16.7. The summed E-state index contributed by atoms with van der Waals surface area (Å²) in [6.07, 6.45) is 7.75. The van der Waals surface area contributed by atoms with Gasteiger partial charge < -0.3 is 4.98 Å². The lowest BCUT2D eigenvalue weighted by Gasteiger charge is -2.19. The van der Waals surface area contributed by atoms with Gasteiger partial charge in [0.1, 0.15) is 11.5 Å². The molecule has 2 aromatic heterocycles. The van der Waals surface area contributed by atoms with Crippen molar-refractivity contribution in [3.8, 4) is 6.07 Å². The lowest BCUT2D eigenvalue weighted by atomic mass is 10.0. The van der Waals surface area contributed by atoms with Crippen LogP contribution in [0.15, 0.2) is 24.4 Å². The highest BCUT2D eigenvalue weighted by atomic mass is 32.2. The Kier molecular flexibility index (Phi) is 4.05. The highest BCUT2D eigenvalue weighted by Crippen LogP contribution is 2.46. The van der Waals surface area contributed by atoms with Gasteiger partial charge in [0.15, 0.2) is 0 Å². The summed E-state index contributed by atoms with van der Waals surface area (Å²) in [6.45, 7) is 0.556. The van der Waals surface area contributed by atoms with Crippen LogP contribution >= 0.6 is 0 Å². The number of carbonyl (C=O) groups is 1. The van der Waals surface area contributed by atoms with Gasteiger partial charge in [-0.05, 0) is 49.0 Å². The summed E-state index contributed by atoms with van der Waals surface area (Å²) in [7, 11) is -3.51. The molecule has 8 nitrogen and oxygen atoms in total. The molecular weight excluding hydrogens is 390 g/mol. The number of pyridine rings is 1. The number of aromatic amines is 1. The molecule has 150 valence electrons. The van der Waals surface area contributed by atoms with Crippen LogP contribution in [0.4, 0.5) is 5.82 Å². The predicted molar refractivity (Wildman–Crippen MR) is 108 cm³/mol. The second kappa shape index (κ2) is 6.40. The lowest BCUT2D eigenvalue weighted by molar-refractivity contribution is -0.107. The van der Waals surface area contributed by atoms with Crippen molar-refractivity contribution in [2.45, 2.75) is 31.7 Å². The maximum absolute atomic E-state index is 12.8. The molecule has 9 heteroatoms. The number of hydrogen-bond acceptors (Lipinski definition) is 5. The summed E-state index contributed by atoms with van der Waals surface area (Å²) in [4.78, 5) is 20.9. The van der Waals surface area contributed by atoms with Gasteiger partial charge in [-0.25, -0.2) is 13.4 Å². The average Bonchev–Trinajstić information content (AvgIpc) is 3.57. The summed E-state index contributed by atoms with van der Waals surface area (Å²) in [5, 5.41) is 10.2. The fraction of sp³-hybridized carbons (Fsp3) is 0.450. The van der Waals surface area contributed by atoms with Crippen molar-refractivity contribution < 1.29 is 13.2 Å². The molecule has 0 radical (unpaired) electrons. The second-order valence-electron chi connectivity index (χ2n) is 8.18. The summed E-state index contributed by atoms with van der Waals surface area (Å²) < 4.78 is 27.1. The number of fused-ring (bicyclic) bond motifs is 1. The molecule has 29 heavy (non-hydrogen) atoms. The highest BCUT2D eigenvalue weighted by molar-refractivity contribution is 7.89. The normalized spacial score (nSPS) is 21.0. The molecule has 1 amide bonds. The molecule has 3 heterocycles. The van der Waals surface area contributed by atoms with E-state index >= 15 is 0 Å². The molecule has 0 aromatic carbocycles. The molecule has 2 saturated carbocycles. The summed E-state index contributed by atoms with van der Waals surface area (Å²) in [5.41, 5.74) is 1.75. The molecule has 3 aliphatic rings. The monoisotopic (exact) mass is 411 g/mol. The lowest BCUT2D eigenvalue weighted by Crippen LogP contribution is -2.34. The van der Waals surface area contributed by atoms with Crippen LogP contribution in [0, 0.1) is 16.7 Å². The first kappa shape index (κ1) is 18.3. The van der Waals surface area contributed by atoms with E-state index in [2.05, 4.69) is 16.0 Å². The number of rotatable bonds is 7. The van der Waals surface area contributed by atoms with Gasteiger partial charge in [0.2, 0.25) is 16.4 Å². The van der Waals surface area contributed by atoms with Crippen LogP contribution in [0.1, 0.15) is 31.2 Å². The van der Waals surface area contributed by atoms with Gasteiger partial charge in [-0.15, -0.1) is 0 Å². The third-order valence-electron chi connectivity index (χ3n) is 6.01. The Labute approximate surface area is 168 Å². The first-order chi connectivity index (χ1) is 13.9. The molecule has 0 atom stereocenters. The van der Waals surface area contributed by atoms with Crippen LogP contribution in [-0.4, -0.2) is 54.0 Å². The van der Waals surface area contributed by atoms with E-state index in [1.165, 1.54) is 4.31 Å². The van der Waals surface area contributed by atoms with Gasteiger partial charge >= 0.3 is 0 Å². The Hall–Kier alpha value is -2.70. The van der Waals surface area contributed by atoms with E-state index in [4.69, 9.17) is 0 Å². The Morgan fingerprint density at radius 3 is 2.86 bits per heavy atom. The van der Waals surface area contributed by atoms with E-state index in [0.29, 0.717) is 30.9 Å². The second-order valence-corrected chi connectivity index (χ2v) is 10.2. The van der Waals surface area contributed by atoms with Crippen LogP contribution in [0.5, 0.6) is 0 Å². The van der Waals surface area contributed by atoms with Crippen molar-refractivity contribution in [1.82, 2.24) is 14.3 Å². The quantitative estimate of drug-likeness (QED) is 0.701. The van der Waals surface area contributed by atoms with E-state index in [1.807, 2.05) is 18.2 Å². The third-order valence-corrected chi connectivity index (χ3v) is 7.99. The zero-order valence-electron chi connectivity index (χ0n) is 15.8. The molecule has 2 fully saturated rings. The van der Waals surface area contributed by atoms with Crippen LogP contribution in [0.2, 0.25) is 0 Å². The maximum Gasteiger partial charge on any atom is 0.216 e. The number of nitrogens with zero attached hydrogens (tertiary/aromatic N) is 4. The number of carbonyl (C=O) groups excluding carboxylic acids is 1.